The van der Waals surface area contributed by atoms with Crippen molar-refractivity contribution in [1.29, 1.82) is 0 Å². The van der Waals surface area contributed by atoms with Crippen LogP contribution in [0.3, 0.4) is 0 Å². The Labute approximate surface area is 79.3 Å². The third kappa shape index (κ3) is 4.65. The van der Waals surface area contributed by atoms with Crippen LogP contribution in [-0.4, -0.2) is 16.4 Å². The molecule has 0 aliphatic carbocycles. The van der Waals surface area contributed by atoms with Gasteiger partial charge >= 0.3 is 0 Å². The SMILES string of the molecule is CC(C)CCSC(C)(C)C(N)=O. The van der Waals surface area contributed by atoms with Gasteiger partial charge in [-0.15, -0.1) is 11.8 Å². The fourth-order valence-corrected chi connectivity index (χ4v) is 1.86. The molecule has 0 atom stereocenters. The predicted octanol–water partition coefficient (Wildman–Crippen LogP) is 2.03. The lowest BCUT2D eigenvalue weighted by atomic mass is 10.2. The van der Waals surface area contributed by atoms with Gasteiger partial charge in [-0.2, -0.15) is 0 Å². The Morgan fingerprint density at radius 2 is 2.00 bits per heavy atom. The number of hydrogen-bond acceptors (Lipinski definition) is 2. The summed E-state index contributed by atoms with van der Waals surface area (Å²) in [6.45, 7) is 8.11. The Bertz CT molecular complexity index is 155. The fourth-order valence-electron chi connectivity index (χ4n) is 0.621. The summed E-state index contributed by atoms with van der Waals surface area (Å²) in [7, 11) is 0. The molecule has 1 amide bonds. The highest BCUT2D eigenvalue weighted by molar-refractivity contribution is 8.01. The monoisotopic (exact) mass is 189 g/mol. The van der Waals surface area contributed by atoms with Gasteiger partial charge in [-0.1, -0.05) is 13.8 Å². The highest BCUT2D eigenvalue weighted by Gasteiger charge is 2.24. The van der Waals surface area contributed by atoms with E-state index in [0.29, 0.717) is 5.92 Å². The molecule has 0 aromatic heterocycles. The molecule has 2 nitrogen and oxygen atoms in total. The van der Waals surface area contributed by atoms with E-state index >= 15 is 0 Å². The number of amides is 1. The first-order chi connectivity index (χ1) is 5.36. The smallest absolute Gasteiger partial charge is 0.233 e. The maximum Gasteiger partial charge on any atom is 0.233 e. The van der Waals surface area contributed by atoms with Crippen LogP contribution < -0.4 is 5.73 Å². The molecule has 12 heavy (non-hydrogen) atoms. The van der Waals surface area contributed by atoms with Gasteiger partial charge in [-0.05, 0) is 31.9 Å². The maximum absolute atomic E-state index is 10.9. The minimum atomic E-state index is -0.408. The van der Waals surface area contributed by atoms with E-state index in [1.165, 1.54) is 0 Å². The molecule has 0 aliphatic heterocycles. The van der Waals surface area contributed by atoms with E-state index in [2.05, 4.69) is 13.8 Å². The second kappa shape index (κ2) is 4.75. The lowest BCUT2D eigenvalue weighted by molar-refractivity contribution is -0.119. The normalized spacial score (nSPS) is 12.1. The molecule has 3 heteroatoms. The third-order valence-corrected chi connectivity index (χ3v) is 3.11. The van der Waals surface area contributed by atoms with Gasteiger partial charge in [0.2, 0.25) is 5.91 Å². The van der Waals surface area contributed by atoms with Crippen molar-refractivity contribution in [3.05, 3.63) is 0 Å². The molecule has 0 aromatic carbocycles. The van der Waals surface area contributed by atoms with Crippen molar-refractivity contribution in [3.63, 3.8) is 0 Å². The van der Waals surface area contributed by atoms with E-state index in [0.717, 1.165) is 12.2 Å². The number of primary amides is 1. The molecule has 2 N–H and O–H groups in total. The molecule has 0 aliphatic rings. The van der Waals surface area contributed by atoms with E-state index in [-0.39, 0.29) is 5.91 Å². The van der Waals surface area contributed by atoms with Crippen LogP contribution in [0.2, 0.25) is 0 Å². The molecule has 0 heterocycles. The zero-order valence-electron chi connectivity index (χ0n) is 8.39. The first-order valence-corrected chi connectivity index (χ1v) is 5.28. The Morgan fingerprint density at radius 3 is 2.33 bits per heavy atom. The maximum atomic E-state index is 10.9. The van der Waals surface area contributed by atoms with E-state index in [1.807, 2.05) is 13.8 Å². The fraction of sp³-hybridized carbons (Fsp3) is 0.889. The van der Waals surface area contributed by atoms with Crippen LogP contribution >= 0.6 is 11.8 Å². The minimum Gasteiger partial charge on any atom is -0.368 e. The van der Waals surface area contributed by atoms with Crippen molar-refractivity contribution >= 4 is 17.7 Å². The first-order valence-electron chi connectivity index (χ1n) is 4.30. The Morgan fingerprint density at radius 1 is 1.50 bits per heavy atom. The topological polar surface area (TPSA) is 43.1 Å². The van der Waals surface area contributed by atoms with Crippen molar-refractivity contribution in [3.8, 4) is 0 Å². The number of nitrogens with two attached hydrogens (primary N) is 1. The lowest BCUT2D eigenvalue weighted by Gasteiger charge is -2.19. The van der Waals surface area contributed by atoms with E-state index in [1.54, 1.807) is 11.8 Å². The van der Waals surface area contributed by atoms with Crippen molar-refractivity contribution in [1.82, 2.24) is 0 Å². The first kappa shape index (κ1) is 11.8. The van der Waals surface area contributed by atoms with Crippen LogP contribution in [0.5, 0.6) is 0 Å². The number of thioether (sulfide) groups is 1. The van der Waals surface area contributed by atoms with Crippen LogP contribution in [0.4, 0.5) is 0 Å². The number of rotatable bonds is 5. The van der Waals surface area contributed by atoms with E-state index < -0.39 is 4.75 Å². The quantitative estimate of drug-likeness (QED) is 0.719. The molecule has 72 valence electrons. The molecule has 0 bridgehead atoms. The molecular formula is C9H19NOS. The second-order valence-electron chi connectivity index (χ2n) is 3.91. The summed E-state index contributed by atoms with van der Waals surface area (Å²) in [5.41, 5.74) is 5.23. The van der Waals surface area contributed by atoms with Crippen molar-refractivity contribution in [2.75, 3.05) is 5.75 Å². The van der Waals surface area contributed by atoms with Gasteiger partial charge in [-0.25, -0.2) is 0 Å². The summed E-state index contributed by atoms with van der Waals surface area (Å²) in [4.78, 5) is 10.9. The van der Waals surface area contributed by atoms with Crippen LogP contribution in [0.1, 0.15) is 34.1 Å². The molecule has 0 radical (unpaired) electrons. The van der Waals surface area contributed by atoms with Gasteiger partial charge in [0.1, 0.15) is 0 Å². The van der Waals surface area contributed by atoms with Gasteiger partial charge in [0.25, 0.3) is 0 Å². The molecular weight excluding hydrogens is 170 g/mol. The second-order valence-corrected chi connectivity index (χ2v) is 5.62. The van der Waals surface area contributed by atoms with Crippen LogP contribution in [0.15, 0.2) is 0 Å². The lowest BCUT2D eigenvalue weighted by Crippen LogP contribution is -2.35. The summed E-state index contributed by atoms with van der Waals surface area (Å²) >= 11 is 1.64. The molecule has 0 spiro atoms. The van der Waals surface area contributed by atoms with Crippen molar-refractivity contribution < 1.29 is 4.79 Å². The summed E-state index contributed by atoms with van der Waals surface area (Å²) in [5, 5.41) is 0. The van der Waals surface area contributed by atoms with E-state index in [4.69, 9.17) is 5.73 Å². The Hall–Kier alpha value is -0.180. The molecule has 0 saturated carbocycles. The summed E-state index contributed by atoms with van der Waals surface area (Å²) in [6.07, 6.45) is 1.14. The van der Waals surface area contributed by atoms with Crippen LogP contribution in [0.25, 0.3) is 0 Å². The summed E-state index contributed by atoms with van der Waals surface area (Å²) in [6, 6.07) is 0. The van der Waals surface area contributed by atoms with Gasteiger partial charge in [0.15, 0.2) is 0 Å². The highest BCUT2D eigenvalue weighted by atomic mass is 32.2. The van der Waals surface area contributed by atoms with E-state index in [9.17, 15) is 4.79 Å². The standard InChI is InChI=1S/C9H19NOS/c1-7(2)5-6-12-9(3,4)8(10)11/h7H,5-6H2,1-4H3,(H2,10,11). The largest absolute Gasteiger partial charge is 0.368 e. The van der Waals surface area contributed by atoms with Crippen LogP contribution in [-0.2, 0) is 4.79 Å². The van der Waals surface area contributed by atoms with Gasteiger partial charge in [0, 0.05) is 0 Å². The molecule has 0 unspecified atom stereocenters. The highest BCUT2D eigenvalue weighted by Crippen LogP contribution is 2.25. The third-order valence-electron chi connectivity index (χ3n) is 1.75. The minimum absolute atomic E-state index is 0.226. The molecule has 0 saturated heterocycles. The number of carbonyl (C=O) groups excluding carboxylic acids is 1. The average molecular weight is 189 g/mol. The molecule has 0 fully saturated rings. The van der Waals surface area contributed by atoms with Gasteiger partial charge in [-0.3, -0.25) is 4.79 Å². The average Bonchev–Trinajstić information content (AvgIpc) is 1.85. The predicted molar refractivity (Wildman–Crippen MR) is 55.2 cm³/mol. The van der Waals surface area contributed by atoms with Crippen LogP contribution in [0, 0.1) is 5.92 Å². The number of carbonyl (C=O) groups is 1. The zero-order valence-corrected chi connectivity index (χ0v) is 9.20. The Balaban J connectivity index is 3.69. The van der Waals surface area contributed by atoms with Gasteiger partial charge in [0.05, 0.1) is 4.75 Å². The molecule has 0 rings (SSSR count). The zero-order chi connectivity index (χ0) is 9.78. The summed E-state index contributed by atoms with van der Waals surface area (Å²) < 4.78 is -0.408. The van der Waals surface area contributed by atoms with Crippen molar-refractivity contribution in [2.45, 2.75) is 38.9 Å². The van der Waals surface area contributed by atoms with Crippen molar-refractivity contribution in [2.24, 2.45) is 11.7 Å². The number of hydrogen-bond donors (Lipinski definition) is 1. The summed E-state index contributed by atoms with van der Waals surface area (Å²) in [5.74, 6) is 1.48. The molecule has 0 aromatic rings. The van der Waals surface area contributed by atoms with Gasteiger partial charge < -0.3 is 5.73 Å². The Kier molecular flexibility index (Phi) is 4.68.